The van der Waals surface area contributed by atoms with Crippen molar-refractivity contribution in [2.24, 2.45) is 17.8 Å². The molecule has 37 heavy (non-hydrogen) atoms. The van der Waals surface area contributed by atoms with E-state index < -0.39 is 11.2 Å². The fourth-order valence-electron chi connectivity index (χ4n) is 6.55. The highest BCUT2D eigenvalue weighted by Crippen LogP contribution is 2.57. The summed E-state index contributed by atoms with van der Waals surface area (Å²) < 4.78 is 22.7. The molecule has 0 N–H and O–H groups in total. The predicted octanol–water partition coefficient (Wildman–Crippen LogP) is 4.67. The molecule has 0 aromatic heterocycles. The second-order valence-electron chi connectivity index (χ2n) is 11.3. The highest BCUT2D eigenvalue weighted by Gasteiger charge is 2.73. The zero-order valence-corrected chi connectivity index (χ0v) is 24.6. The van der Waals surface area contributed by atoms with Crippen LogP contribution in [0.25, 0.3) is 0 Å². The number of carbonyl (C=O) groups is 2. The summed E-state index contributed by atoms with van der Waals surface area (Å²) in [5.41, 5.74) is -1.62. The Labute approximate surface area is 224 Å². The van der Waals surface area contributed by atoms with E-state index in [1.54, 1.807) is 24.0 Å². The first-order valence-corrected chi connectivity index (χ1v) is 13.7. The van der Waals surface area contributed by atoms with E-state index in [4.69, 9.17) is 18.9 Å². The summed E-state index contributed by atoms with van der Waals surface area (Å²) >= 11 is 0. The van der Waals surface area contributed by atoms with E-state index in [1.807, 2.05) is 37.8 Å². The van der Waals surface area contributed by atoms with Gasteiger partial charge in [0.15, 0.2) is 0 Å². The van der Waals surface area contributed by atoms with Crippen LogP contribution in [0.2, 0.25) is 0 Å². The lowest BCUT2D eigenvalue weighted by Gasteiger charge is -2.61. The zero-order valence-electron chi connectivity index (χ0n) is 24.6. The van der Waals surface area contributed by atoms with Crippen LogP contribution in [-0.4, -0.2) is 91.6 Å². The van der Waals surface area contributed by atoms with Crippen molar-refractivity contribution in [1.82, 2.24) is 14.7 Å². The van der Waals surface area contributed by atoms with Gasteiger partial charge in [-0.3, -0.25) is 19.5 Å². The number of methoxy groups -OCH3 is 2. The van der Waals surface area contributed by atoms with Crippen LogP contribution in [0.15, 0.2) is 12.2 Å². The van der Waals surface area contributed by atoms with Crippen molar-refractivity contribution >= 4 is 11.9 Å². The fraction of sp³-hybridized carbons (Fsp3) is 0.857. The van der Waals surface area contributed by atoms with E-state index in [-0.39, 0.29) is 50.1 Å². The van der Waals surface area contributed by atoms with Gasteiger partial charge in [-0.05, 0) is 51.4 Å². The second kappa shape index (κ2) is 13.9. The highest BCUT2D eigenvalue weighted by atomic mass is 16.5. The molecule has 3 amide bonds. The third-order valence-corrected chi connectivity index (χ3v) is 7.93. The number of hydrogen-bond acceptors (Lipinski definition) is 6. The Morgan fingerprint density at radius 3 is 2.14 bits per heavy atom. The first kappa shape index (κ1) is 31.5. The molecular weight excluding hydrogens is 474 g/mol. The molecule has 2 aliphatic rings. The molecule has 0 aliphatic carbocycles. The molecule has 2 aliphatic heterocycles. The smallest absolute Gasteiger partial charge is 0.326 e. The van der Waals surface area contributed by atoms with Crippen LogP contribution in [0, 0.1) is 17.8 Å². The summed E-state index contributed by atoms with van der Waals surface area (Å²) in [6, 6.07) is -0.174. The van der Waals surface area contributed by atoms with Crippen LogP contribution in [0.1, 0.15) is 74.1 Å². The monoisotopic (exact) mass is 525 g/mol. The quantitative estimate of drug-likeness (QED) is 0.215. The van der Waals surface area contributed by atoms with E-state index in [9.17, 15) is 9.59 Å². The van der Waals surface area contributed by atoms with Crippen molar-refractivity contribution < 1.29 is 28.5 Å². The first-order chi connectivity index (χ1) is 17.5. The van der Waals surface area contributed by atoms with Gasteiger partial charge in [0.2, 0.25) is 5.91 Å². The van der Waals surface area contributed by atoms with E-state index >= 15 is 0 Å². The third kappa shape index (κ3) is 6.32. The second-order valence-corrected chi connectivity index (χ2v) is 11.3. The van der Waals surface area contributed by atoms with Crippen LogP contribution in [-0.2, 0) is 23.7 Å². The van der Waals surface area contributed by atoms with E-state index in [2.05, 4.69) is 27.7 Å². The summed E-state index contributed by atoms with van der Waals surface area (Å²) in [5, 5.41) is 0. The number of likely N-dealkylation sites (tertiary alicyclic amines) is 1. The van der Waals surface area contributed by atoms with Gasteiger partial charge < -0.3 is 18.9 Å². The Balaban J connectivity index is 2.51. The van der Waals surface area contributed by atoms with Crippen molar-refractivity contribution in [2.45, 2.75) is 91.5 Å². The molecular formula is C28H51N3O6. The molecule has 4 atom stereocenters. The van der Waals surface area contributed by atoms with Gasteiger partial charge in [-0.2, -0.15) is 0 Å². The van der Waals surface area contributed by atoms with E-state index in [0.29, 0.717) is 25.6 Å². The minimum Gasteiger partial charge on any atom is -0.375 e. The van der Waals surface area contributed by atoms with Crippen molar-refractivity contribution in [3.8, 4) is 0 Å². The molecule has 0 aromatic carbocycles. The third-order valence-electron chi connectivity index (χ3n) is 7.93. The Kier molecular flexibility index (Phi) is 11.9. The number of hydrogen-bond donors (Lipinski definition) is 0. The standard InChI is InChI=1S/C28H51N3O6/c1-10-13-28-24(23(6)16-21(2)3)17-25(32)29(20-36-14-11-12-15-37-22(4)5)27(28,7)30(18-34-8)26(33)31(28)19-35-9/h11-12,21-24H,10,13-20H2,1-9H3. The molecule has 0 saturated carbocycles. The molecule has 0 aromatic rings. The molecule has 2 saturated heterocycles. The zero-order chi connectivity index (χ0) is 27.8. The molecule has 9 nitrogen and oxygen atoms in total. The molecule has 214 valence electrons. The van der Waals surface area contributed by atoms with Crippen LogP contribution >= 0.6 is 0 Å². The fourth-order valence-corrected chi connectivity index (χ4v) is 6.55. The van der Waals surface area contributed by atoms with Crippen LogP contribution in [0.3, 0.4) is 0 Å². The summed E-state index contributed by atoms with van der Waals surface area (Å²) in [7, 11) is 3.19. The lowest BCUT2D eigenvalue weighted by atomic mass is 9.61. The van der Waals surface area contributed by atoms with Crippen molar-refractivity contribution in [2.75, 3.05) is 47.6 Å². The SMILES string of the molecule is CCCC12C(C(C)CC(C)C)CC(=O)N(COCC=CCOC(C)C)C1(C)N(COC)C(=O)N2COC. The Bertz CT molecular complexity index is 775. The first-order valence-electron chi connectivity index (χ1n) is 13.7. The van der Waals surface area contributed by atoms with E-state index in [0.717, 1.165) is 19.3 Å². The van der Waals surface area contributed by atoms with Crippen molar-refractivity contribution in [3.63, 3.8) is 0 Å². The van der Waals surface area contributed by atoms with Gasteiger partial charge in [0, 0.05) is 20.6 Å². The van der Waals surface area contributed by atoms with Crippen LogP contribution in [0.5, 0.6) is 0 Å². The summed E-state index contributed by atoms with van der Waals surface area (Å²) in [5.74, 6) is 0.676. The molecule has 2 fully saturated rings. The lowest BCUT2D eigenvalue weighted by molar-refractivity contribution is -0.202. The molecule has 2 rings (SSSR count). The van der Waals surface area contributed by atoms with Gasteiger partial charge in [-0.25, -0.2) is 4.79 Å². The average molecular weight is 526 g/mol. The van der Waals surface area contributed by atoms with Crippen molar-refractivity contribution in [1.29, 1.82) is 0 Å². The number of piperidine rings is 1. The summed E-state index contributed by atoms with van der Waals surface area (Å²) in [4.78, 5) is 33.1. The van der Waals surface area contributed by atoms with Crippen molar-refractivity contribution in [3.05, 3.63) is 12.2 Å². The van der Waals surface area contributed by atoms with Crippen LogP contribution in [0.4, 0.5) is 4.79 Å². The lowest BCUT2D eigenvalue weighted by Crippen LogP contribution is -2.76. The van der Waals surface area contributed by atoms with Gasteiger partial charge in [0.25, 0.3) is 0 Å². The largest absolute Gasteiger partial charge is 0.375 e. The highest BCUT2D eigenvalue weighted by molar-refractivity contribution is 5.86. The number of rotatable bonds is 16. The maximum atomic E-state index is 14.0. The number of nitrogens with zero attached hydrogens (tertiary/aromatic N) is 3. The van der Waals surface area contributed by atoms with Gasteiger partial charge in [0.05, 0.1) is 24.9 Å². The molecule has 4 unspecified atom stereocenters. The molecule has 0 bridgehead atoms. The summed E-state index contributed by atoms with van der Waals surface area (Å²) in [6.45, 7) is 15.9. The number of fused-ring (bicyclic) bond motifs is 1. The Morgan fingerprint density at radius 2 is 1.57 bits per heavy atom. The van der Waals surface area contributed by atoms with Gasteiger partial charge >= 0.3 is 6.03 Å². The normalized spacial score (nSPS) is 27.3. The van der Waals surface area contributed by atoms with Crippen LogP contribution < -0.4 is 0 Å². The minimum absolute atomic E-state index is 0.00451. The average Bonchev–Trinajstić information content (AvgIpc) is 2.99. The van der Waals surface area contributed by atoms with Gasteiger partial charge in [-0.1, -0.05) is 46.3 Å². The minimum atomic E-state index is -0.968. The van der Waals surface area contributed by atoms with Gasteiger partial charge in [0.1, 0.15) is 25.9 Å². The molecule has 2 heterocycles. The molecule has 0 spiro atoms. The molecule has 0 radical (unpaired) electrons. The summed E-state index contributed by atoms with van der Waals surface area (Å²) in [6.07, 6.45) is 6.91. The topological polar surface area (TPSA) is 80.8 Å². The maximum Gasteiger partial charge on any atom is 0.326 e. The maximum absolute atomic E-state index is 14.0. The number of urea groups is 1. The van der Waals surface area contributed by atoms with E-state index in [1.165, 1.54) is 0 Å². The number of amides is 3. The number of ether oxygens (including phenoxy) is 4. The Hall–Kier alpha value is -1.68. The number of carbonyl (C=O) groups excluding carboxylic acids is 2. The molecule has 9 heteroatoms. The predicted molar refractivity (Wildman–Crippen MR) is 143 cm³/mol. The Morgan fingerprint density at radius 1 is 0.946 bits per heavy atom. The van der Waals surface area contributed by atoms with Gasteiger partial charge in [-0.15, -0.1) is 0 Å².